The Balaban J connectivity index is 2.30. The molecule has 2 unspecified atom stereocenters. The number of hydrogen-bond donors (Lipinski definition) is 2. The van der Waals surface area contributed by atoms with E-state index in [2.05, 4.69) is 0 Å². The molecule has 104 valence electrons. The summed E-state index contributed by atoms with van der Waals surface area (Å²) in [5.41, 5.74) is 1.12. The van der Waals surface area contributed by atoms with Crippen LogP contribution in [0.5, 0.6) is 0 Å². The highest BCUT2D eigenvalue weighted by Crippen LogP contribution is 2.37. The molecule has 1 aromatic rings. The van der Waals surface area contributed by atoms with Gasteiger partial charge in [-0.25, -0.2) is 4.79 Å². The van der Waals surface area contributed by atoms with Crippen LogP contribution in [-0.2, 0) is 4.74 Å². The maximum absolute atomic E-state index is 11.3. The summed E-state index contributed by atoms with van der Waals surface area (Å²) in [5.74, 6) is -0.816. The molecule has 4 atom stereocenters. The van der Waals surface area contributed by atoms with Crippen molar-refractivity contribution in [3.8, 4) is 0 Å². The molecule has 0 bridgehead atoms. The van der Waals surface area contributed by atoms with E-state index in [0.717, 1.165) is 18.4 Å². The molecule has 1 heterocycles. The first-order chi connectivity index (χ1) is 9.04. The van der Waals surface area contributed by atoms with Crippen molar-refractivity contribution in [1.82, 2.24) is 0 Å². The summed E-state index contributed by atoms with van der Waals surface area (Å²) in [6.07, 6.45) is 0.689. The van der Waals surface area contributed by atoms with E-state index in [4.69, 9.17) is 4.74 Å². The largest absolute Gasteiger partial charge is 0.478 e. The van der Waals surface area contributed by atoms with Gasteiger partial charge < -0.3 is 14.9 Å². The van der Waals surface area contributed by atoms with E-state index in [-0.39, 0.29) is 17.9 Å². The van der Waals surface area contributed by atoms with Crippen molar-refractivity contribution in [2.45, 2.75) is 45.0 Å². The van der Waals surface area contributed by atoms with Crippen LogP contribution in [0.3, 0.4) is 0 Å². The van der Waals surface area contributed by atoms with Gasteiger partial charge in [0.1, 0.15) is 0 Å². The predicted octanol–water partition coefficient (Wildman–Crippen LogP) is 2.62. The molecule has 0 aromatic heterocycles. The normalized spacial score (nSPS) is 28.3. The summed E-state index contributed by atoms with van der Waals surface area (Å²) in [6, 6.07) is 7.04. The van der Waals surface area contributed by atoms with E-state index < -0.39 is 12.3 Å². The molecule has 2 N–H and O–H groups in total. The highest BCUT2D eigenvalue weighted by atomic mass is 16.6. The van der Waals surface area contributed by atoms with Gasteiger partial charge in [0.15, 0.2) is 6.29 Å². The van der Waals surface area contributed by atoms with Gasteiger partial charge in [-0.05, 0) is 24.5 Å². The number of aliphatic hydroxyl groups is 1. The molecule has 1 saturated heterocycles. The van der Waals surface area contributed by atoms with Gasteiger partial charge in [-0.15, -0.1) is 0 Å². The number of carboxylic acid groups (broad SMARTS) is 1. The summed E-state index contributed by atoms with van der Waals surface area (Å²) in [7, 11) is 0. The molecule has 0 spiro atoms. The van der Waals surface area contributed by atoms with Crippen LogP contribution >= 0.6 is 0 Å². The fraction of sp³-hybridized carbons (Fsp3) is 0.533. The molecule has 4 heteroatoms. The van der Waals surface area contributed by atoms with E-state index >= 15 is 0 Å². The second-order valence-corrected chi connectivity index (χ2v) is 5.19. The highest BCUT2D eigenvalue weighted by molar-refractivity contribution is 5.89. The Morgan fingerprint density at radius 2 is 2.16 bits per heavy atom. The van der Waals surface area contributed by atoms with Crippen molar-refractivity contribution in [2.24, 2.45) is 5.92 Å². The second-order valence-electron chi connectivity index (χ2n) is 5.19. The Kier molecular flexibility index (Phi) is 4.22. The standard InChI is InChI=1S/C15H20O4/c1-3-10(13-8-9(2)15(18)19-13)11-6-4-5-7-12(11)14(16)17/h4-7,9-10,13,15,18H,3,8H2,1-2H3,(H,16,17)/t9-,10?,13+,15?/m1/s1. The van der Waals surface area contributed by atoms with Gasteiger partial charge in [0.05, 0.1) is 11.7 Å². The van der Waals surface area contributed by atoms with Crippen LogP contribution in [-0.4, -0.2) is 28.6 Å². The second kappa shape index (κ2) is 5.72. The minimum Gasteiger partial charge on any atom is -0.478 e. The minimum atomic E-state index is -0.916. The fourth-order valence-electron chi connectivity index (χ4n) is 2.81. The lowest BCUT2D eigenvalue weighted by Crippen LogP contribution is -2.21. The first-order valence-electron chi connectivity index (χ1n) is 6.70. The lowest BCUT2D eigenvalue weighted by Gasteiger charge is -2.23. The molecule has 1 aliphatic heterocycles. The maximum Gasteiger partial charge on any atom is 0.335 e. The van der Waals surface area contributed by atoms with E-state index in [0.29, 0.717) is 5.56 Å². The predicted molar refractivity (Wildman–Crippen MR) is 71.1 cm³/mol. The van der Waals surface area contributed by atoms with Gasteiger partial charge in [-0.1, -0.05) is 32.0 Å². The van der Waals surface area contributed by atoms with Crippen LogP contribution < -0.4 is 0 Å². The molecule has 2 rings (SSSR count). The first-order valence-corrected chi connectivity index (χ1v) is 6.70. The van der Waals surface area contributed by atoms with Crippen molar-refractivity contribution < 1.29 is 19.7 Å². The molecule has 0 saturated carbocycles. The van der Waals surface area contributed by atoms with Gasteiger partial charge >= 0.3 is 5.97 Å². The number of ether oxygens (including phenoxy) is 1. The zero-order chi connectivity index (χ0) is 14.0. The molecule has 0 radical (unpaired) electrons. The summed E-state index contributed by atoms with van der Waals surface area (Å²) in [6.45, 7) is 3.96. The molecule has 4 nitrogen and oxygen atoms in total. The summed E-state index contributed by atoms with van der Waals surface area (Å²) in [5, 5.41) is 19.0. The highest BCUT2D eigenvalue weighted by Gasteiger charge is 2.36. The Hall–Kier alpha value is -1.39. The topological polar surface area (TPSA) is 66.8 Å². The van der Waals surface area contributed by atoms with E-state index in [1.54, 1.807) is 12.1 Å². The van der Waals surface area contributed by atoms with Gasteiger partial charge in [-0.2, -0.15) is 0 Å². The number of aliphatic hydroxyl groups excluding tert-OH is 1. The molecule has 0 aliphatic carbocycles. The summed E-state index contributed by atoms with van der Waals surface area (Å²) in [4.78, 5) is 11.3. The number of rotatable bonds is 4. The zero-order valence-corrected chi connectivity index (χ0v) is 11.2. The number of hydrogen-bond acceptors (Lipinski definition) is 3. The molecular formula is C15H20O4. The molecular weight excluding hydrogens is 244 g/mol. The zero-order valence-electron chi connectivity index (χ0n) is 11.2. The van der Waals surface area contributed by atoms with Crippen LogP contribution in [0.4, 0.5) is 0 Å². The summed E-state index contributed by atoms with van der Waals surface area (Å²) >= 11 is 0. The van der Waals surface area contributed by atoms with Crippen molar-refractivity contribution in [3.63, 3.8) is 0 Å². The van der Waals surface area contributed by atoms with Gasteiger partial charge in [0.2, 0.25) is 0 Å². The molecule has 1 fully saturated rings. The number of benzene rings is 1. The Bertz CT molecular complexity index is 447. The number of aromatic carboxylic acids is 1. The molecule has 19 heavy (non-hydrogen) atoms. The lowest BCUT2D eigenvalue weighted by molar-refractivity contribution is -0.111. The van der Waals surface area contributed by atoms with Crippen molar-refractivity contribution in [1.29, 1.82) is 0 Å². The Morgan fingerprint density at radius 1 is 1.47 bits per heavy atom. The number of carbonyl (C=O) groups is 1. The molecule has 1 aliphatic rings. The lowest BCUT2D eigenvalue weighted by atomic mass is 9.85. The number of carboxylic acids is 1. The fourth-order valence-corrected chi connectivity index (χ4v) is 2.81. The van der Waals surface area contributed by atoms with Crippen molar-refractivity contribution in [2.75, 3.05) is 0 Å². The van der Waals surface area contributed by atoms with E-state index in [1.807, 2.05) is 26.0 Å². The van der Waals surface area contributed by atoms with Crippen LogP contribution in [0.2, 0.25) is 0 Å². The quantitative estimate of drug-likeness (QED) is 0.877. The maximum atomic E-state index is 11.3. The molecule has 1 aromatic carbocycles. The Morgan fingerprint density at radius 3 is 2.68 bits per heavy atom. The van der Waals surface area contributed by atoms with Crippen LogP contribution in [0.15, 0.2) is 24.3 Å². The van der Waals surface area contributed by atoms with E-state index in [9.17, 15) is 15.0 Å². The average molecular weight is 264 g/mol. The van der Waals surface area contributed by atoms with Crippen LogP contribution in [0.1, 0.15) is 48.5 Å². The third kappa shape index (κ3) is 2.80. The van der Waals surface area contributed by atoms with Crippen LogP contribution in [0.25, 0.3) is 0 Å². The smallest absolute Gasteiger partial charge is 0.335 e. The van der Waals surface area contributed by atoms with Crippen molar-refractivity contribution >= 4 is 5.97 Å². The average Bonchev–Trinajstić information content (AvgIpc) is 2.70. The monoisotopic (exact) mass is 264 g/mol. The van der Waals surface area contributed by atoms with Crippen molar-refractivity contribution in [3.05, 3.63) is 35.4 Å². The van der Waals surface area contributed by atoms with Gasteiger partial charge in [0.25, 0.3) is 0 Å². The third-order valence-electron chi connectivity index (χ3n) is 3.88. The summed E-state index contributed by atoms with van der Waals surface area (Å²) < 4.78 is 5.58. The first kappa shape index (κ1) is 14.0. The van der Waals surface area contributed by atoms with Gasteiger partial charge in [0, 0.05) is 11.8 Å². The third-order valence-corrected chi connectivity index (χ3v) is 3.88. The van der Waals surface area contributed by atoms with Crippen LogP contribution in [0, 0.1) is 5.92 Å². The minimum absolute atomic E-state index is 0.00639. The molecule has 0 amide bonds. The Labute approximate surface area is 113 Å². The van der Waals surface area contributed by atoms with Gasteiger partial charge in [-0.3, -0.25) is 0 Å². The van der Waals surface area contributed by atoms with E-state index in [1.165, 1.54) is 0 Å². The SMILES string of the molecule is CCC(c1ccccc1C(=O)O)[C@@H]1C[C@@H](C)C(O)O1.